The summed E-state index contributed by atoms with van der Waals surface area (Å²) < 4.78 is 5.94. The summed E-state index contributed by atoms with van der Waals surface area (Å²) >= 11 is 0. The van der Waals surface area contributed by atoms with E-state index in [2.05, 4.69) is 45.1 Å². The van der Waals surface area contributed by atoms with Gasteiger partial charge >= 0.3 is 0 Å². The lowest BCUT2D eigenvalue weighted by Crippen LogP contribution is -2.34. The summed E-state index contributed by atoms with van der Waals surface area (Å²) in [5.74, 6) is 1.79. The number of rotatable bonds is 4. The van der Waals surface area contributed by atoms with Crippen LogP contribution < -0.4 is 4.74 Å². The Hall–Kier alpha value is -1.91. The van der Waals surface area contributed by atoms with Gasteiger partial charge in [0.05, 0.1) is 6.61 Å². The summed E-state index contributed by atoms with van der Waals surface area (Å²) in [5.41, 5.74) is 2.70. The van der Waals surface area contributed by atoms with Gasteiger partial charge in [-0.2, -0.15) is 0 Å². The van der Waals surface area contributed by atoms with Gasteiger partial charge in [0.2, 0.25) is 0 Å². The number of hydrogen-bond acceptors (Lipinski definition) is 4. The molecule has 0 amide bonds. The third-order valence-corrected chi connectivity index (χ3v) is 5.59. The predicted octanol–water partition coefficient (Wildman–Crippen LogP) is 3.23. The van der Waals surface area contributed by atoms with Gasteiger partial charge in [-0.1, -0.05) is 24.3 Å². The number of pyridine rings is 1. The van der Waals surface area contributed by atoms with E-state index in [4.69, 9.17) is 4.74 Å². The molecule has 1 saturated heterocycles. The van der Waals surface area contributed by atoms with Crippen LogP contribution in [-0.4, -0.2) is 54.1 Å². The molecule has 1 atom stereocenters. The number of aromatic nitrogens is 1. The Morgan fingerprint density at radius 1 is 1.00 bits per heavy atom. The molecule has 2 aliphatic heterocycles. The molecule has 0 saturated carbocycles. The minimum atomic E-state index is 0.698. The number of para-hydroxylation sites is 1. The van der Waals surface area contributed by atoms with Gasteiger partial charge in [-0.15, -0.1) is 0 Å². The molecular weight excluding hydrogens is 322 g/mol. The van der Waals surface area contributed by atoms with Crippen molar-refractivity contribution in [3.8, 4) is 5.75 Å². The maximum atomic E-state index is 5.94. The molecule has 4 heteroatoms. The number of hydrogen-bond donors (Lipinski definition) is 0. The molecule has 0 bridgehead atoms. The highest BCUT2D eigenvalue weighted by Gasteiger charge is 2.22. The third kappa shape index (κ3) is 4.63. The number of ether oxygens (including phenoxy) is 1. The first kappa shape index (κ1) is 17.5. The van der Waals surface area contributed by atoms with Gasteiger partial charge in [0.15, 0.2) is 0 Å². The topological polar surface area (TPSA) is 28.6 Å². The van der Waals surface area contributed by atoms with Crippen LogP contribution in [0.1, 0.15) is 24.0 Å². The predicted molar refractivity (Wildman–Crippen MR) is 104 cm³/mol. The van der Waals surface area contributed by atoms with Crippen LogP contribution in [-0.2, 0) is 13.0 Å². The Balaban J connectivity index is 1.30. The molecular formula is C22H29N3O. The number of nitrogens with zero attached hydrogens (tertiary/aromatic N) is 3. The zero-order valence-corrected chi connectivity index (χ0v) is 15.5. The van der Waals surface area contributed by atoms with E-state index in [1.807, 2.05) is 18.5 Å². The van der Waals surface area contributed by atoms with Crippen molar-refractivity contribution in [1.82, 2.24) is 14.8 Å². The summed E-state index contributed by atoms with van der Waals surface area (Å²) in [6.07, 6.45) is 7.39. The minimum Gasteiger partial charge on any atom is -0.493 e. The van der Waals surface area contributed by atoms with Gasteiger partial charge in [0.25, 0.3) is 0 Å². The van der Waals surface area contributed by atoms with E-state index in [1.165, 1.54) is 43.7 Å². The van der Waals surface area contributed by atoms with Crippen molar-refractivity contribution in [3.05, 3.63) is 59.9 Å². The molecule has 26 heavy (non-hydrogen) atoms. The van der Waals surface area contributed by atoms with Crippen molar-refractivity contribution >= 4 is 0 Å². The van der Waals surface area contributed by atoms with E-state index in [0.717, 1.165) is 38.3 Å². The van der Waals surface area contributed by atoms with Crippen molar-refractivity contribution in [2.75, 3.05) is 39.3 Å². The fourth-order valence-corrected chi connectivity index (χ4v) is 4.20. The lowest BCUT2D eigenvalue weighted by atomic mass is 9.96. The smallest absolute Gasteiger partial charge is 0.122 e. The van der Waals surface area contributed by atoms with Gasteiger partial charge in [0, 0.05) is 38.6 Å². The summed E-state index contributed by atoms with van der Waals surface area (Å²) in [6.45, 7) is 7.77. The SMILES string of the molecule is c1cncc(CN2CCCN(C[C@@H]3CCOc4ccccc4C3)CC2)c1. The molecule has 1 aromatic carbocycles. The Bertz CT molecular complexity index is 691. The summed E-state index contributed by atoms with van der Waals surface area (Å²) in [5, 5.41) is 0. The molecule has 4 rings (SSSR count). The van der Waals surface area contributed by atoms with Gasteiger partial charge in [-0.05, 0) is 61.5 Å². The quantitative estimate of drug-likeness (QED) is 0.846. The molecule has 1 aromatic heterocycles. The molecule has 0 spiro atoms. The molecule has 138 valence electrons. The maximum absolute atomic E-state index is 5.94. The lowest BCUT2D eigenvalue weighted by molar-refractivity contribution is 0.208. The average molecular weight is 351 g/mol. The second kappa shape index (κ2) is 8.65. The normalized spacial score (nSPS) is 22.1. The monoisotopic (exact) mass is 351 g/mol. The second-order valence-electron chi connectivity index (χ2n) is 7.61. The van der Waals surface area contributed by atoms with Crippen LogP contribution in [0.25, 0.3) is 0 Å². The van der Waals surface area contributed by atoms with Crippen LogP contribution in [0.4, 0.5) is 0 Å². The van der Waals surface area contributed by atoms with E-state index >= 15 is 0 Å². The van der Waals surface area contributed by atoms with Crippen LogP contribution >= 0.6 is 0 Å². The fraction of sp³-hybridized carbons (Fsp3) is 0.500. The maximum Gasteiger partial charge on any atom is 0.122 e. The Labute approximate surface area is 156 Å². The van der Waals surface area contributed by atoms with Crippen molar-refractivity contribution in [1.29, 1.82) is 0 Å². The second-order valence-corrected chi connectivity index (χ2v) is 7.61. The minimum absolute atomic E-state index is 0.698. The van der Waals surface area contributed by atoms with Crippen molar-refractivity contribution < 1.29 is 4.74 Å². The molecule has 0 unspecified atom stereocenters. The first-order valence-electron chi connectivity index (χ1n) is 9.91. The van der Waals surface area contributed by atoms with Crippen LogP contribution in [0.2, 0.25) is 0 Å². The summed E-state index contributed by atoms with van der Waals surface area (Å²) in [6, 6.07) is 12.8. The average Bonchev–Trinajstić information content (AvgIpc) is 3.01. The molecule has 2 aliphatic rings. The molecule has 4 nitrogen and oxygen atoms in total. The van der Waals surface area contributed by atoms with Gasteiger partial charge in [-0.25, -0.2) is 0 Å². The molecule has 3 heterocycles. The zero-order valence-electron chi connectivity index (χ0n) is 15.5. The highest BCUT2D eigenvalue weighted by atomic mass is 16.5. The van der Waals surface area contributed by atoms with E-state index in [0.29, 0.717) is 5.92 Å². The highest BCUT2D eigenvalue weighted by Crippen LogP contribution is 2.27. The zero-order chi connectivity index (χ0) is 17.6. The number of benzene rings is 1. The van der Waals surface area contributed by atoms with E-state index in [9.17, 15) is 0 Å². The van der Waals surface area contributed by atoms with Crippen LogP contribution in [0.3, 0.4) is 0 Å². The first-order chi connectivity index (χ1) is 12.9. The van der Waals surface area contributed by atoms with Crippen molar-refractivity contribution in [3.63, 3.8) is 0 Å². The first-order valence-corrected chi connectivity index (χ1v) is 9.91. The van der Waals surface area contributed by atoms with Gasteiger partial charge in [0.1, 0.15) is 5.75 Å². The molecule has 0 aliphatic carbocycles. The Morgan fingerprint density at radius 3 is 2.81 bits per heavy atom. The highest BCUT2D eigenvalue weighted by molar-refractivity contribution is 5.34. The van der Waals surface area contributed by atoms with Crippen molar-refractivity contribution in [2.24, 2.45) is 5.92 Å². The lowest BCUT2D eigenvalue weighted by Gasteiger charge is -2.25. The molecule has 0 radical (unpaired) electrons. The van der Waals surface area contributed by atoms with E-state index < -0.39 is 0 Å². The van der Waals surface area contributed by atoms with Crippen molar-refractivity contribution in [2.45, 2.75) is 25.8 Å². The fourth-order valence-electron chi connectivity index (χ4n) is 4.20. The molecule has 1 fully saturated rings. The molecule has 2 aromatic rings. The van der Waals surface area contributed by atoms with E-state index in [1.54, 1.807) is 0 Å². The Morgan fingerprint density at radius 2 is 1.88 bits per heavy atom. The number of fused-ring (bicyclic) bond motifs is 1. The van der Waals surface area contributed by atoms with Crippen LogP contribution in [0, 0.1) is 5.92 Å². The Kier molecular flexibility index (Phi) is 5.82. The van der Waals surface area contributed by atoms with E-state index in [-0.39, 0.29) is 0 Å². The standard InChI is InChI=1S/C22H29N3O/c1-2-7-22-21(6-1)15-19(8-14-26-22)17-24-10-4-11-25(13-12-24)18-20-5-3-9-23-16-20/h1-3,5-7,9,16,19H,4,8,10-15,17-18H2/t19-/m1/s1. The largest absolute Gasteiger partial charge is 0.493 e. The third-order valence-electron chi connectivity index (χ3n) is 5.59. The van der Waals surface area contributed by atoms with Crippen LogP contribution in [0.5, 0.6) is 5.75 Å². The summed E-state index contributed by atoms with van der Waals surface area (Å²) in [4.78, 5) is 9.48. The van der Waals surface area contributed by atoms with Gasteiger partial charge < -0.3 is 9.64 Å². The molecule has 0 N–H and O–H groups in total. The van der Waals surface area contributed by atoms with Gasteiger partial charge in [-0.3, -0.25) is 9.88 Å². The van der Waals surface area contributed by atoms with Crippen LogP contribution in [0.15, 0.2) is 48.8 Å². The summed E-state index contributed by atoms with van der Waals surface area (Å²) in [7, 11) is 0.